The van der Waals surface area contributed by atoms with Gasteiger partial charge < -0.3 is 14.4 Å². The van der Waals surface area contributed by atoms with Crippen molar-refractivity contribution in [1.29, 1.82) is 0 Å². The van der Waals surface area contributed by atoms with Crippen LogP contribution in [0.3, 0.4) is 0 Å². The van der Waals surface area contributed by atoms with Crippen LogP contribution in [0.15, 0.2) is 33.4 Å². The van der Waals surface area contributed by atoms with Crippen LogP contribution >= 0.6 is 15.9 Å². The maximum Gasteiger partial charge on any atom is 0.416 e. The van der Waals surface area contributed by atoms with Crippen LogP contribution in [0.1, 0.15) is 19.4 Å². The van der Waals surface area contributed by atoms with Gasteiger partial charge in [-0.15, -0.1) is 0 Å². The second-order valence-electron chi connectivity index (χ2n) is 4.66. The summed E-state index contributed by atoms with van der Waals surface area (Å²) in [4.78, 5) is 1.82. The normalized spacial score (nSPS) is 11.7. The van der Waals surface area contributed by atoms with Gasteiger partial charge in [-0.25, -0.2) is 0 Å². The monoisotopic (exact) mass is 377 g/mol. The fourth-order valence-electron chi connectivity index (χ4n) is 2.23. The topological polar surface area (TPSA) is 36.6 Å². The predicted octanol–water partition coefficient (Wildman–Crippen LogP) is 5.28. The van der Waals surface area contributed by atoms with E-state index < -0.39 is 11.7 Å². The summed E-state index contributed by atoms with van der Waals surface area (Å²) in [6, 6.07) is 4.82. The summed E-state index contributed by atoms with van der Waals surface area (Å²) in [5.41, 5.74) is -0.266. The van der Waals surface area contributed by atoms with E-state index in [9.17, 15) is 18.3 Å². The van der Waals surface area contributed by atoms with Crippen molar-refractivity contribution < 1.29 is 22.7 Å². The van der Waals surface area contributed by atoms with Gasteiger partial charge in [-0.05, 0) is 47.5 Å². The van der Waals surface area contributed by atoms with Gasteiger partial charge in [-0.1, -0.05) is 12.1 Å². The van der Waals surface area contributed by atoms with E-state index >= 15 is 0 Å². The molecule has 120 valence electrons. The van der Waals surface area contributed by atoms with E-state index in [0.717, 1.165) is 12.1 Å². The first-order chi connectivity index (χ1) is 10.3. The molecular formula is C15H15BrF3NO2. The van der Waals surface area contributed by atoms with E-state index in [1.54, 1.807) is 0 Å². The largest absolute Gasteiger partial charge is 0.503 e. The smallest absolute Gasteiger partial charge is 0.416 e. The molecule has 1 aromatic carbocycles. The van der Waals surface area contributed by atoms with Gasteiger partial charge in [0.2, 0.25) is 10.6 Å². The van der Waals surface area contributed by atoms with E-state index in [-0.39, 0.29) is 21.5 Å². The summed E-state index contributed by atoms with van der Waals surface area (Å²) in [5, 5.41) is 10.2. The Morgan fingerprint density at radius 2 is 1.86 bits per heavy atom. The van der Waals surface area contributed by atoms with E-state index in [0.29, 0.717) is 19.0 Å². The molecule has 7 heteroatoms. The summed E-state index contributed by atoms with van der Waals surface area (Å²) in [5.74, 6) is 0.134. The summed E-state index contributed by atoms with van der Waals surface area (Å²) in [7, 11) is 0. The molecule has 22 heavy (non-hydrogen) atoms. The van der Waals surface area contributed by atoms with E-state index in [2.05, 4.69) is 15.9 Å². The zero-order chi connectivity index (χ0) is 16.5. The van der Waals surface area contributed by atoms with Crippen molar-refractivity contribution in [3.05, 3.63) is 34.5 Å². The van der Waals surface area contributed by atoms with Crippen LogP contribution < -0.4 is 4.90 Å². The van der Waals surface area contributed by atoms with E-state index in [1.165, 1.54) is 12.1 Å². The molecule has 0 bridgehead atoms. The van der Waals surface area contributed by atoms with Crippen LogP contribution in [0.25, 0.3) is 11.1 Å². The molecule has 0 saturated carbocycles. The Bertz CT molecular complexity index is 663. The van der Waals surface area contributed by atoms with E-state index in [4.69, 9.17) is 4.42 Å². The van der Waals surface area contributed by atoms with Gasteiger partial charge in [0, 0.05) is 13.1 Å². The quantitative estimate of drug-likeness (QED) is 0.787. The molecule has 1 N–H and O–H groups in total. The lowest BCUT2D eigenvalue weighted by Crippen LogP contribution is -2.21. The lowest BCUT2D eigenvalue weighted by atomic mass is 10.0. The zero-order valence-electron chi connectivity index (χ0n) is 12.0. The number of nitrogens with zero attached hydrogens (tertiary/aromatic N) is 1. The SMILES string of the molecule is CCN(CC)c1oc(Br)c(O)c1-c1cccc(C(F)(F)F)c1. The number of hydrogen-bond acceptors (Lipinski definition) is 3. The summed E-state index contributed by atoms with van der Waals surface area (Å²) < 4.78 is 44.2. The summed E-state index contributed by atoms with van der Waals surface area (Å²) in [6.45, 7) is 4.99. The Balaban J connectivity index is 2.62. The molecule has 0 saturated heterocycles. The molecule has 1 aromatic heterocycles. The van der Waals surface area contributed by atoms with Gasteiger partial charge in [0.05, 0.1) is 11.1 Å². The minimum atomic E-state index is -4.44. The molecule has 0 aliphatic rings. The highest BCUT2D eigenvalue weighted by Crippen LogP contribution is 2.46. The number of benzene rings is 1. The average Bonchev–Trinajstić information content (AvgIpc) is 2.75. The van der Waals surface area contributed by atoms with Crippen molar-refractivity contribution >= 4 is 21.8 Å². The first-order valence-electron chi connectivity index (χ1n) is 6.73. The van der Waals surface area contributed by atoms with Gasteiger partial charge in [-0.3, -0.25) is 0 Å². The molecule has 1 heterocycles. The Morgan fingerprint density at radius 1 is 1.23 bits per heavy atom. The second kappa shape index (κ2) is 6.24. The maximum absolute atomic E-state index is 12.9. The van der Waals surface area contributed by atoms with Crippen LogP contribution in [0, 0.1) is 0 Å². The second-order valence-corrected chi connectivity index (χ2v) is 5.38. The number of hydrogen-bond donors (Lipinski definition) is 1. The zero-order valence-corrected chi connectivity index (χ0v) is 13.6. The number of furan rings is 1. The van der Waals surface area contributed by atoms with Crippen molar-refractivity contribution in [2.45, 2.75) is 20.0 Å². The Hall–Kier alpha value is -1.63. The lowest BCUT2D eigenvalue weighted by molar-refractivity contribution is -0.137. The third kappa shape index (κ3) is 3.09. The van der Waals surface area contributed by atoms with E-state index in [1.807, 2.05) is 18.7 Å². The highest BCUT2D eigenvalue weighted by molar-refractivity contribution is 9.10. The molecule has 0 amide bonds. The first-order valence-corrected chi connectivity index (χ1v) is 7.52. The van der Waals surface area contributed by atoms with Crippen LogP contribution in [-0.2, 0) is 6.18 Å². The molecule has 0 radical (unpaired) electrons. The molecule has 3 nitrogen and oxygen atoms in total. The van der Waals surface area contributed by atoms with Gasteiger partial charge in [0.25, 0.3) is 0 Å². The minimum absolute atomic E-state index is 0.0989. The molecular weight excluding hydrogens is 363 g/mol. The molecule has 0 aliphatic carbocycles. The van der Waals surface area contributed by atoms with Crippen LogP contribution in [0.2, 0.25) is 0 Å². The summed E-state index contributed by atoms with van der Waals surface area (Å²) >= 11 is 3.08. The fourth-order valence-corrected chi connectivity index (χ4v) is 2.58. The Labute approximate surface area is 134 Å². The number of aromatic hydroxyl groups is 1. The Kier molecular flexibility index (Phi) is 4.75. The van der Waals surface area contributed by atoms with Gasteiger partial charge in [0.1, 0.15) is 0 Å². The average molecular weight is 378 g/mol. The molecule has 0 fully saturated rings. The van der Waals surface area contributed by atoms with Crippen molar-refractivity contribution in [1.82, 2.24) is 0 Å². The third-order valence-corrected chi connectivity index (χ3v) is 3.89. The number of alkyl halides is 3. The van der Waals surface area contributed by atoms with Gasteiger partial charge in [0.15, 0.2) is 5.75 Å². The number of rotatable bonds is 4. The lowest BCUT2D eigenvalue weighted by Gasteiger charge is -2.19. The van der Waals surface area contributed by atoms with Crippen LogP contribution in [0.5, 0.6) is 5.75 Å². The molecule has 2 aromatic rings. The van der Waals surface area contributed by atoms with Crippen LogP contribution in [0.4, 0.5) is 19.1 Å². The third-order valence-electron chi connectivity index (χ3n) is 3.35. The highest BCUT2D eigenvalue weighted by Gasteiger charge is 2.31. The highest BCUT2D eigenvalue weighted by atomic mass is 79.9. The maximum atomic E-state index is 12.9. The fraction of sp³-hybridized carbons (Fsp3) is 0.333. The molecule has 2 rings (SSSR count). The molecule has 0 unspecified atom stereocenters. The standard InChI is InChI=1S/C15H15BrF3NO2/c1-3-20(4-2)14-11(12(21)13(16)22-14)9-6-5-7-10(8-9)15(17,18)19/h5-8,21H,3-4H2,1-2H3. The van der Waals surface area contributed by atoms with Gasteiger partial charge >= 0.3 is 6.18 Å². The number of halogens is 4. The minimum Gasteiger partial charge on any atom is -0.503 e. The predicted molar refractivity (Wildman–Crippen MR) is 82.1 cm³/mol. The van der Waals surface area contributed by atoms with Crippen molar-refractivity contribution in [3.8, 4) is 16.9 Å². The first kappa shape index (κ1) is 16.7. The van der Waals surface area contributed by atoms with Crippen molar-refractivity contribution in [2.75, 3.05) is 18.0 Å². The summed E-state index contributed by atoms with van der Waals surface area (Å²) in [6.07, 6.45) is -4.44. The van der Waals surface area contributed by atoms with Crippen molar-refractivity contribution in [3.63, 3.8) is 0 Å². The van der Waals surface area contributed by atoms with Crippen LogP contribution in [-0.4, -0.2) is 18.2 Å². The molecule has 0 aliphatic heterocycles. The van der Waals surface area contributed by atoms with Gasteiger partial charge in [-0.2, -0.15) is 13.2 Å². The van der Waals surface area contributed by atoms with Crippen molar-refractivity contribution in [2.24, 2.45) is 0 Å². The Morgan fingerprint density at radius 3 is 2.41 bits per heavy atom. The number of anilines is 1. The molecule has 0 atom stereocenters. The molecule has 0 spiro atoms.